The maximum Gasteiger partial charge on any atom is 0.226 e. The van der Waals surface area contributed by atoms with Gasteiger partial charge in [0.1, 0.15) is 17.0 Å². The van der Waals surface area contributed by atoms with E-state index in [-0.39, 0.29) is 23.3 Å². The third kappa shape index (κ3) is 3.74. The van der Waals surface area contributed by atoms with Crippen LogP contribution in [0.5, 0.6) is 0 Å². The van der Waals surface area contributed by atoms with Crippen LogP contribution in [0.4, 0.5) is 11.5 Å². The lowest BCUT2D eigenvalue weighted by molar-refractivity contribution is -0.135. The van der Waals surface area contributed by atoms with E-state index in [2.05, 4.69) is 25.5 Å². The number of hydrogen-bond acceptors (Lipinski definition) is 8. The molecule has 170 valence electrons. The Balaban J connectivity index is 1.26. The first-order valence-electron chi connectivity index (χ1n) is 10.9. The van der Waals surface area contributed by atoms with Gasteiger partial charge in [0.2, 0.25) is 5.91 Å². The summed E-state index contributed by atoms with van der Waals surface area (Å²) in [4.78, 5) is 25.9. The van der Waals surface area contributed by atoms with Crippen molar-refractivity contribution < 1.29 is 13.2 Å². The van der Waals surface area contributed by atoms with E-state index in [4.69, 9.17) is 0 Å². The van der Waals surface area contributed by atoms with Gasteiger partial charge in [-0.25, -0.2) is 18.4 Å². The molecule has 3 aromatic heterocycles. The van der Waals surface area contributed by atoms with Crippen molar-refractivity contribution in [1.82, 2.24) is 25.1 Å². The van der Waals surface area contributed by atoms with E-state index < -0.39 is 9.84 Å². The first kappa shape index (κ1) is 20.5. The summed E-state index contributed by atoms with van der Waals surface area (Å²) < 4.78 is 23.4. The van der Waals surface area contributed by atoms with Gasteiger partial charge in [0.15, 0.2) is 9.84 Å². The molecule has 1 atom stereocenters. The first-order chi connectivity index (χ1) is 16.0. The number of hydrogen-bond donors (Lipinski definition) is 2. The fraction of sp³-hybridized carbons (Fsp3) is 0.364. The van der Waals surface area contributed by atoms with Crippen molar-refractivity contribution in [3.05, 3.63) is 41.2 Å². The van der Waals surface area contributed by atoms with Crippen LogP contribution in [0.3, 0.4) is 0 Å². The Labute approximate surface area is 194 Å². The average molecular weight is 483 g/mol. The molecule has 1 amide bonds. The van der Waals surface area contributed by atoms with Crippen molar-refractivity contribution in [2.24, 2.45) is 5.92 Å². The molecule has 6 rings (SSSR count). The standard InChI is InChI=1S/C22H22N6O3S2/c29-22(28-5-7-33(30,31)8-6-28)13-1-3-16-18(10-13)32-21-19(16)20(23-12-24-21)26-15-2-4-17-14(9-15)11-25-27-17/h2,4,9,11-13H,1,3,5-8,10H2,(H,25,27)(H,23,24,26)/t13-/m0/s1. The van der Waals surface area contributed by atoms with Crippen molar-refractivity contribution in [1.29, 1.82) is 0 Å². The maximum atomic E-state index is 13.1. The van der Waals surface area contributed by atoms with E-state index in [1.165, 1.54) is 10.4 Å². The van der Waals surface area contributed by atoms with Gasteiger partial charge in [-0.1, -0.05) is 0 Å². The lowest BCUT2D eigenvalue weighted by Crippen LogP contribution is -2.47. The van der Waals surface area contributed by atoms with Gasteiger partial charge in [-0.2, -0.15) is 5.10 Å². The number of benzene rings is 1. The molecule has 1 aliphatic heterocycles. The number of carbonyl (C=O) groups is 1. The Morgan fingerprint density at radius 2 is 2.06 bits per heavy atom. The summed E-state index contributed by atoms with van der Waals surface area (Å²) >= 11 is 1.62. The number of anilines is 2. The van der Waals surface area contributed by atoms with E-state index in [1.54, 1.807) is 28.8 Å². The molecule has 2 N–H and O–H groups in total. The second kappa shape index (κ2) is 7.77. The van der Waals surface area contributed by atoms with Gasteiger partial charge in [-0.05, 0) is 43.0 Å². The topological polar surface area (TPSA) is 121 Å². The van der Waals surface area contributed by atoms with Crippen LogP contribution in [0.1, 0.15) is 16.9 Å². The SMILES string of the molecule is O=C([C@H]1CCc2c(sc3ncnc(Nc4ccc5[nH]ncc5c4)c23)C1)N1CCS(=O)(=O)CC1. The lowest BCUT2D eigenvalue weighted by Gasteiger charge is -2.31. The van der Waals surface area contributed by atoms with E-state index in [0.717, 1.165) is 45.5 Å². The number of sulfone groups is 1. The molecule has 0 saturated carbocycles. The molecule has 1 aromatic carbocycles. The zero-order valence-corrected chi connectivity index (χ0v) is 19.4. The largest absolute Gasteiger partial charge is 0.340 e. The number of thiophene rings is 1. The molecule has 9 nitrogen and oxygen atoms in total. The van der Waals surface area contributed by atoms with Crippen molar-refractivity contribution in [2.75, 3.05) is 29.9 Å². The van der Waals surface area contributed by atoms with E-state index in [9.17, 15) is 13.2 Å². The summed E-state index contributed by atoms with van der Waals surface area (Å²) in [5.41, 5.74) is 3.11. The third-order valence-electron chi connectivity index (χ3n) is 6.55. The minimum Gasteiger partial charge on any atom is -0.340 e. The first-order valence-corrected chi connectivity index (χ1v) is 13.6. The van der Waals surface area contributed by atoms with Gasteiger partial charge < -0.3 is 10.2 Å². The number of H-pyrrole nitrogens is 1. The van der Waals surface area contributed by atoms with Crippen LogP contribution in [-0.4, -0.2) is 64.0 Å². The zero-order valence-electron chi connectivity index (χ0n) is 17.7. The molecular formula is C22H22N6O3S2. The fourth-order valence-electron chi connectivity index (χ4n) is 4.76. The predicted octanol–water partition coefficient (Wildman–Crippen LogP) is 2.67. The Hall–Kier alpha value is -3.05. The number of fused-ring (bicyclic) bond motifs is 4. The lowest BCUT2D eigenvalue weighted by atomic mass is 9.87. The van der Waals surface area contributed by atoms with E-state index in [1.807, 2.05) is 18.2 Å². The summed E-state index contributed by atoms with van der Waals surface area (Å²) in [5, 5.41) is 12.5. The molecule has 0 spiro atoms. The molecule has 1 saturated heterocycles. The number of amides is 1. The number of rotatable bonds is 3. The van der Waals surface area contributed by atoms with Crippen LogP contribution in [0.15, 0.2) is 30.7 Å². The highest BCUT2D eigenvalue weighted by molar-refractivity contribution is 7.91. The molecule has 2 aliphatic rings. The van der Waals surface area contributed by atoms with Crippen LogP contribution in [0, 0.1) is 5.92 Å². The average Bonchev–Trinajstić information content (AvgIpc) is 3.42. The minimum atomic E-state index is -3.00. The highest BCUT2D eigenvalue weighted by Gasteiger charge is 2.33. The summed E-state index contributed by atoms with van der Waals surface area (Å²) in [7, 11) is -3.00. The van der Waals surface area contributed by atoms with Gasteiger partial charge in [-0.15, -0.1) is 11.3 Å². The van der Waals surface area contributed by atoms with E-state index in [0.29, 0.717) is 19.5 Å². The van der Waals surface area contributed by atoms with Crippen LogP contribution < -0.4 is 5.32 Å². The molecule has 1 aliphatic carbocycles. The molecule has 0 radical (unpaired) electrons. The van der Waals surface area contributed by atoms with E-state index >= 15 is 0 Å². The molecule has 11 heteroatoms. The smallest absolute Gasteiger partial charge is 0.226 e. The van der Waals surface area contributed by atoms with Crippen molar-refractivity contribution >= 4 is 59.7 Å². The molecule has 4 aromatic rings. The number of aromatic amines is 1. The second-order valence-electron chi connectivity index (χ2n) is 8.62. The van der Waals surface area contributed by atoms with Gasteiger partial charge in [0.25, 0.3) is 0 Å². The summed E-state index contributed by atoms with van der Waals surface area (Å²) in [6.45, 7) is 0.606. The third-order valence-corrected chi connectivity index (χ3v) is 9.33. The molecule has 1 fully saturated rings. The highest BCUT2D eigenvalue weighted by Crippen LogP contribution is 2.41. The van der Waals surface area contributed by atoms with Gasteiger partial charge in [0.05, 0.1) is 28.6 Å². The summed E-state index contributed by atoms with van der Waals surface area (Å²) in [6.07, 6.45) is 5.55. The number of aryl methyl sites for hydroxylation is 1. The Morgan fingerprint density at radius 1 is 1.21 bits per heavy atom. The fourth-order valence-corrected chi connectivity index (χ4v) is 7.23. The van der Waals surface area contributed by atoms with Gasteiger partial charge >= 0.3 is 0 Å². The molecular weight excluding hydrogens is 460 g/mol. The molecule has 33 heavy (non-hydrogen) atoms. The number of carbonyl (C=O) groups excluding carboxylic acids is 1. The molecule has 0 unspecified atom stereocenters. The van der Waals surface area contributed by atoms with Crippen molar-refractivity contribution in [3.63, 3.8) is 0 Å². The molecule has 0 bridgehead atoms. The van der Waals surface area contributed by atoms with Crippen molar-refractivity contribution in [2.45, 2.75) is 19.3 Å². The summed E-state index contributed by atoms with van der Waals surface area (Å²) in [6, 6.07) is 5.99. The normalized spacial score (nSPS) is 20.1. The van der Waals surface area contributed by atoms with Crippen LogP contribution >= 0.6 is 11.3 Å². The second-order valence-corrected chi connectivity index (χ2v) is 12.0. The van der Waals surface area contributed by atoms with Crippen LogP contribution in [0.25, 0.3) is 21.1 Å². The highest BCUT2D eigenvalue weighted by atomic mass is 32.2. The monoisotopic (exact) mass is 482 g/mol. The van der Waals surface area contributed by atoms with Crippen LogP contribution in [0.2, 0.25) is 0 Å². The number of aromatic nitrogens is 4. The Bertz CT molecular complexity index is 1480. The van der Waals surface area contributed by atoms with Crippen molar-refractivity contribution in [3.8, 4) is 0 Å². The maximum absolute atomic E-state index is 13.1. The van der Waals surface area contributed by atoms with Gasteiger partial charge in [0, 0.05) is 35.0 Å². The quantitative estimate of drug-likeness (QED) is 0.460. The summed E-state index contributed by atoms with van der Waals surface area (Å²) in [5.74, 6) is 0.861. The Morgan fingerprint density at radius 3 is 2.91 bits per heavy atom. The van der Waals surface area contributed by atoms with Gasteiger partial charge in [-0.3, -0.25) is 9.89 Å². The minimum absolute atomic E-state index is 0.0643. The van der Waals surface area contributed by atoms with Crippen LogP contribution in [-0.2, 0) is 27.5 Å². The number of nitrogens with one attached hydrogen (secondary N) is 2. The predicted molar refractivity (Wildman–Crippen MR) is 128 cm³/mol. The number of nitrogens with zero attached hydrogens (tertiary/aromatic N) is 4. The zero-order chi connectivity index (χ0) is 22.6. The Kier molecular flexibility index (Phi) is 4.84. The molecule has 4 heterocycles.